The fourth-order valence-corrected chi connectivity index (χ4v) is 2.01. The maximum atomic E-state index is 12.3. The normalized spacial score (nSPS) is 10.2. The van der Waals surface area contributed by atoms with Crippen molar-refractivity contribution in [3.63, 3.8) is 0 Å². The van der Waals surface area contributed by atoms with Gasteiger partial charge in [0.25, 0.3) is 11.6 Å². The fraction of sp³-hybridized carbons (Fsp3) is 0.133. The summed E-state index contributed by atoms with van der Waals surface area (Å²) in [6.45, 7) is 1.97. The molecule has 6 nitrogen and oxygen atoms in total. The lowest BCUT2D eigenvalue weighted by Crippen LogP contribution is -2.16. The van der Waals surface area contributed by atoms with E-state index in [0.717, 1.165) is 5.56 Å². The van der Waals surface area contributed by atoms with E-state index < -0.39 is 10.8 Å². The van der Waals surface area contributed by atoms with Crippen LogP contribution in [0, 0.1) is 17.0 Å². The molecule has 2 rings (SSSR count). The summed E-state index contributed by atoms with van der Waals surface area (Å²) in [4.78, 5) is 22.8. The number of nitro benzene ring substituents is 1. The number of benzene rings is 2. The molecule has 0 aromatic heterocycles. The molecule has 0 radical (unpaired) electrons. The molecule has 0 saturated carbocycles. The zero-order chi connectivity index (χ0) is 15.4. The number of rotatable bonds is 4. The molecule has 21 heavy (non-hydrogen) atoms. The third-order valence-electron chi connectivity index (χ3n) is 3.08. The molecule has 6 heteroatoms. The Morgan fingerprint density at radius 1 is 1.29 bits per heavy atom. The van der Waals surface area contributed by atoms with Gasteiger partial charge in [-0.25, -0.2) is 0 Å². The Morgan fingerprint density at radius 2 is 2.00 bits per heavy atom. The summed E-state index contributed by atoms with van der Waals surface area (Å²) in [5.41, 5.74) is 7.48. The van der Waals surface area contributed by atoms with Gasteiger partial charge in [-0.2, -0.15) is 0 Å². The zero-order valence-electron chi connectivity index (χ0n) is 11.5. The van der Waals surface area contributed by atoms with Crippen molar-refractivity contribution in [2.24, 2.45) is 5.73 Å². The molecule has 0 spiro atoms. The second-order valence-electron chi connectivity index (χ2n) is 4.59. The van der Waals surface area contributed by atoms with Gasteiger partial charge in [-0.1, -0.05) is 24.3 Å². The van der Waals surface area contributed by atoms with Crippen molar-refractivity contribution in [2.45, 2.75) is 13.5 Å². The van der Waals surface area contributed by atoms with Crippen LogP contribution in [0.3, 0.4) is 0 Å². The van der Waals surface area contributed by atoms with Gasteiger partial charge in [0.1, 0.15) is 5.69 Å². The number of nitrogens with one attached hydrogen (secondary N) is 1. The first-order chi connectivity index (χ1) is 10.0. The van der Waals surface area contributed by atoms with Crippen LogP contribution in [0.2, 0.25) is 0 Å². The van der Waals surface area contributed by atoms with E-state index in [1.165, 1.54) is 12.1 Å². The lowest BCUT2D eigenvalue weighted by atomic mass is 10.1. The predicted molar refractivity (Wildman–Crippen MR) is 80.1 cm³/mol. The average Bonchev–Trinajstić information content (AvgIpc) is 2.48. The van der Waals surface area contributed by atoms with Gasteiger partial charge >= 0.3 is 0 Å². The molecule has 2 aromatic carbocycles. The van der Waals surface area contributed by atoms with Crippen LogP contribution in [0.1, 0.15) is 21.5 Å². The van der Waals surface area contributed by atoms with Gasteiger partial charge in [0.15, 0.2) is 0 Å². The summed E-state index contributed by atoms with van der Waals surface area (Å²) < 4.78 is 0. The van der Waals surface area contributed by atoms with Crippen LogP contribution in [-0.2, 0) is 6.54 Å². The summed E-state index contributed by atoms with van der Waals surface area (Å²) in [5, 5.41) is 13.6. The number of nitrogens with two attached hydrogens (primary N) is 1. The Morgan fingerprint density at radius 3 is 2.67 bits per heavy atom. The molecule has 0 aliphatic carbocycles. The summed E-state index contributed by atoms with van der Waals surface area (Å²) in [6, 6.07) is 11.5. The smallest absolute Gasteiger partial charge is 0.293 e. The van der Waals surface area contributed by atoms with E-state index in [-0.39, 0.29) is 17.9 Å². The molecule has 0 aliphatic rings. The molecule has 108 valence electrons. The van der Waals surface area contributed by atoms with Crippen molar-refractivity contribution in [1.82, 2.24) is 0 Å². The van der Waals surface area contributed by atoms with Gasteiger partial charge in [0, 0.05) is 18.2 Å². The predicted octanol–water partition coefficient (Wildman–Crippen LogP) is 2.61. The molecule has 0 unspecified atom stereocenters. The van der Waals surface area contributed by atoms with Crippen molar-refractivity contribution in [1.29, 1.82) is 0 Å². The van der Waals surface area contributed by atoms with Crippen LogP contribution in [0.5, 0.6) is 0 Å². The maximum absolute atomic E-state index is 12.3. The van der Waals surface area contributed by atoms with Gasteiger partial charge in [0.2, 0.25) is 0 Å². The van der Waals surface area contributed by atoms with E-state index in [0.29, 0.717) is 11.1 Å². The van der Waals surface area contributed by atoms with Crippen LogP contribution >= 0.6 is 0 Å². The zero-order valence-corrected chi connectivity index (χ0v) is 11.5. The first-order valence-electron chi connectivity index (χ1n) is 6.37. The van der Waals surface area contributed by atoms with Gasteiger partial charge in [-0.3, -0.25) is 14.9 Å². The molecular weight excluding hydrogens is 270 g/mol. The molecular formula is C15H15N3O3. The Labute approximate surface area is 121 Å². The minimum atomic E-state index is -0.516. The summed E-state index contributed by atoms with van der Waals surface area (Å²) in [5.74, 6) is -0.414. The van der Waals surface area contributed by atoms with Crippen molar-refractivity contribution in [3.05, 3.63) is 69.3 Å². The van der Waals surface area contributed by atoms with E-state index in [4.69, 9.17) is 5.73 Å². The molecule has 0 aliphatic heterocycles. The minimum absolute atomic E-state index is 0.131. The summed E-state index contributed by atoms with van der Waals surface area (Å²) in [7, 11) is 0. The molecule has 0 saturated heterocycles. The Balaban J connectivity index is 2.34. The number of nitro groups is 1. The highest BCUT2D eigenvalue weighted by molar-refractivity contribution is 6.06. The number of hydrogen-bond acceptors (Lipinski definition) is 4. The van der Waals surface area contributed by atoms with Gasteiger partial charge in [0.05, 0.1) is 4.92 Å². The molecule has 0 atom stereocenters. The third kappa shape index (κ3) is 3.24. The Bertz CT molecular complexity index is 698. The monoisotopic (exact) mass is 285 g/mol. The Hall–Kier alpha value is -2.73. The molecule has 0 heterocycles. The third-order valence-corrected chi connectivity index (χ3v) is 3.08. The Kier molecular flexibility index (Phi) is 4.30. The number of aryl methyl sites for hydroxylation is 1. The number of carbonyl (C=O) groups excluding carboxylic acids is 1. The number of carbonyl (C=O) groups is 1. The topological polar surface area (TPSA) is 98.3 Å². The number of amides is 1. The van der Waals surface area contributed by atoms with Crippen molar-refractivity contribution < 1.29 is 9.72 Å². The molecule has 0 bridgehead atoms. The van der Waals surface area contributed by atoms with Crippen molar-refractivity contribution in [2.75, 3.05) is 5.32 Å². The van der Waals surface area contributed by atoms with Crippen molar-refractivity contribution >= 4 is 17.3 Å². The van der Waals surface area contributed by atoms with Crippen molar-refractivity contribution in [3.8, 4) is 0 Å². The highest BCUT2D eigenvalue weighted by Crippen LogP contribution is 2.26. The first-order valence-corrected chi connectivity index (χ1v) is 6.37. The van der Waals surface area contributed by atoms with Crippen LogP contribution in [0.4, 0.5) is 11.4 Å². The van der Waals surface area contributed by atoms with E-state index in [1.54, 1.807) is 37.3 Å². The highest BCUT2D eigenvalue weighted by atomic mass is 16.6. The average molecular weight is 285 g/mol. The number of nitrogens with zero attached hydrogens (tertiary/aromatic N) is 1. The first kappa shape index (κ1) is 14.7. The van der Waals surface area contributed by atoms with Gasteiger partial charge in [-0.15, -0.1) is 0 Å². The SMILES string of the molecule is Cc1ccc(NC(=O)c2ccccc2CN)c([N+](=O)[O-])c1. The standard InChI is InChI=1S/C15H15N3O3/c1-10-6-7-13(14(8-10)18(20)21)17-15(19)12-5-3-2-4-11(12)9-16/h2-8H,9,16H2,1H3,(H,17,19). The van der Waals surface area contributed by atoms with Crippen LogP contribution in [-0.4, -0.2) is 10.8 Å². The lowest BCUT2D eigenvalue weighted by molar-refractivity contribution is -0.384. The van der Waals surface area contributed by atoms with Gasteiger partial charge < -0.3 is 11.1 Å². The van der Waals surface area contributed by atoms with Crippen LogP contribution < -0.4 is 11.1 Å². The highest BCUT2D eigenvalue weighted by Gasteiger charge is 2.17. The lowest BCUT2D eigenvalue weighted by Gasteiger charge is -2.09. The molecule has 2 aromatic rings. The number of hydrogen-bond donors (Lipinski definition) is 2. The number of anilines is 1. The van der Waals surface area contributed by atoms with E-state index in [2.05, 4.69) is 5.32 Å². The van der Waals surface area contributed by atoms with Gasteiger partial charge in [-0.05, 0) is 30.2 Å². The van der Waals surface area contributed by atoms with Crippen LogP contribution in [0.15, 0.2) is 42.5 Å². The van der Waals surface area contributed by atoms with E-state index >= 15 is 0 Å². The molecule has 3 N–H and O–H groups in total. The maximum Gasteiger partial charge on any atom is 0.293 e. The van der Waals surface area contributed by atoms with Crippen LogP contribution in [0.25, 0.3) is 0 Å². The second kappa shape index (κ2) is 6.15. The fourth-order valence-electron chi connectivity index (χ4n) is 2.01. The van der Waals surface area contributed by atoms with E-state index in [1.807, 2.05) is 0 Å². The largest absolute Gasteiger partial charge is 0.326 e. The minimum Gasteiger partial charge on any atom is -0.326 e. The van der Waals surface area contributed by atoms with E-state index in [9.17, 15) is 14.9 Å². The second-order valence-corrected chi connectivity index (χ2v) is 4.59. The molecule has 0 fully saturated rings. The summed E-state index contributed by atoms with van der Waals surface area (Å²) >= 11 is 0. The quantitative estimate of drug-likeness (QED) is 0.666. The molecule has 1 amide bonds. The summed E-state index contributed by atoms with van der Waals surface area (Å²) in [6.07, 6.45) is 0.